The van der Waals surface area contributed by atoms with Crippen LogP contribution in [-0.4, -0.2) is 88.3 Å². The normalized spacial score (nSPS) is 24.6. The maximum absolute atomic E-state index is 4.46. The van der Waals surface area contributed by atoms with Gasteiger partial charge in [-0.3, -0.25) is 9.89 Å². The Labute approximate surface area is 187 Å². The topological polar surface area (TPSA) is 46.1 Å². The molecule has 2 aliphatic rings. The summed E-state index contributed by atoms with van der Waals surface area (Å²) in [5.74, 6) is 0.924. The highest BCUT2D eigenvalue weighted by Crippen LogP contribution is 2.20. The molecule has 1 aromatic carbocycles. The number of halogens is 1. The SMILES string of the molecule is CN=C(NCC1CN(C)CCN1C)NC1CCCN(c2ccc(C)cc2)C1.I. The van der Waals surface area contributed by atoms with Gasteiger partial charge in [-0.25, -0.2) is 0 Å². The van der Waals surface area contributed by atoms with Crippen LogP contribution < -0.4 is 15.5 Å². The van der Waals surface area contributed by atoms with Gasteiger partial charge in [-0.1, -0.05) is 17.7 Å². The fraction of sp³-hybridized carbons (Fsp3) is 0.667. The third kappa shape index (κ3) is 6.49. The van der Waals surface area contributed by atoms with Gasteiger partial charge in [0.05, 0.1) is 0 Å². The van der Waals surface area contributed by atoms with Crippen molar-refractivity contribution in [2.24, 2.45) is 4.99 Å². The lowest BCUT2D eigenvalue weighted by Crippen LogP contribution is -2.57. The maximum atomic E-state index is 4.46. The number of hydrogen-bond donors (Lipinski definition) is 2. The summed E-state index contributed by atoms with van der Waals surface area (Å²) in [5.41, 5.74) is 2.63. The molecule has 0 amide bonds. The summed E-state index contributed by atoms with van der Waals surface area (Å²) in [6.45, 7) is 8.60. The highest BCUT2D eigenvalue weighted by Gasteiger charge is 2.24. The summed E-state index contributed by atoms with van der Waals surface area (Å²) in [6.07, 6.45) is 2.40. The summed E-state index contributed by atoms with van der Waals surface area (Å²) >= 11 is 0. The third-order valence-electron chi connectivity index (χ3n) is 5.87. The number of nitrogens with zero attached hydrogens (tertiary/aromatic N) is 4. The first-order valence-corrected chi connectivity index (χ1v) is 10.2. The number of aryl methyl sites for hydroxylation is 1. The number of rotatable bonds is 4. The molecule has 0 aliphatic carbocycles. The maximum Gasteiger partial charge on any atom is 0.191 e. The van der Waals surface area contributed by atoms with Crippen molar-refractivity contribution < 1.29 is 0 Å². The van der Waals surface area contributed by atoms with Crippen LogP contribution in [0.25, 0.3) is 0 Å². The van der Waals surface area contributed by atoms with E-state index in [-0.39, 0.29) is 24.0 Å². The summed E-state index contributed by atoms with van der Waals surface area (Å²) in [5, 5.41) is 7.20. The highest BCUT2D eigenvalue weighted by atomic mass is 127. The van der Waals surface area contributed by atoms with E-state index >= 15 is 0 Å². The van der Waals surface area contributed by atoms with Gasteiger partial charge >= 0.3 is 0 Å². The number of likely N-dealkylation sites (N-methyl/N-ethyl adjacent to an activating group) is 2. The third-order valence-corrected chi connectivity index (χ3v) is 5.87. The van der Waals surface area contributed by atoms with Crippen LogP contribution in [0.1, 0.15) is 18.4 Å². The van der Waals surface area contributed by atoms with Gasteiger partial charge in [0.25, 0.3) is 0 Å². The highest BCUT2D eigenvalue weighted by molar-refractivity contribution is 14.0. The summed E-state index contributed by atoms with van der Waals surface area (Å²) in [6, 6.07) is 9.82. The van der Waals surface area contributed by atoms with Crippen LogP contribution in [0.5, 0.6) is 0 Å². The molecule has 2 atom stereocenters. The lowest BCUT2D eigenvalue weighted by atomic mass is 10.0. The molecule has 1 aromatic rings. The molecule has 0 saturated carbocycles. The van der Waals surface area contributed by atoms with Gasteiger partial charge in [-0.15, -0.1) is 24.0 Å². The van der Waals surface area contributed by atoms with E-state index in [1.54, 1.807) is 0 Å². The van der Waals surface area contributed by atoms with Gasteiger partial charge in [-0.05, 0) is 46.0 Å². The molecule has 2 fully saturated rings. The molecule has 2 heterocycles. The molecule has 0 aromatic heterocycles. The number of guanidine groups is 1. The minimum Gasteiger partial charge on any atom is -0.369 e. The van der Waals surface area contributed by atoms with Crippen LogP contribution in [0.3, 0.4) is 0 Å². The van der Waals surface area contributed by atoms with Crippen molar-refractivity contribution in [2.75, 3.05) is 65.3 Å². The lowest BCUT2D eigenvalue weighted by Gasteiger charge is -2.38. The van der Waals surface area contributed by atoms with Crippen molar-refractivity contribution in [1.82, 2.24) is 20.4 Å². The average molecular weight is 500 g/mol. The van der Waals surface area contributed by atoms with Crippen molar-refractivity contribution in [3.8, 4) is 0 Å². The van der Waals surface area contributed by atoms with Crippen molar-refractivity contribution in [2.45, 2.75) is 31.8 Å². The van der Waals surface area contributed by atoms with E-state index in [0.717, 1.165) is 45.2 Å². The Morgan fingerprint density at radius 3 is 2.57 bits per heavy atom. The molecular weight excluding hydrogens is 463 g/mol. The summed E-state index contributed by atoms with van der Waals surface area (Å²) < 4.78 is 0. The minimum absolute atomic E-state index is 0. The first-order valence-electron chi connectivity index (χ1n) is 10.2. The summed E-state index contributed by atoms with van der Waals surface area (Å²) in [7, 11) is 6.29. The molecule has 2 unspecified atom stereocenters. The van der Waals surface area contributed by atoms with E-state index in [0.29, 0.717) is 12.1 Å². The summed E-state index contributed by atoms with van der Waals surface area (Å²) in [4.78, 5) is 11.8. The van der Waals surface area contributed by atoms with Gasteiger partial charge in [0.1, 0.15) is 0 Å². The number of anilines is 1. The van der Waals surface area contributed by atoms with Crippen LogP contribution in [0, 0.1) is 6.92 Å². The predicted molar refractivity (Wildman–Crippen MR) is 130 cm³/mol. The van der Waals surface area contributed by atoms with E-state index in [9.17, 15) is 0 Å². The molecule has 7 heteroatoms. The second kappa shape index (κ2) is 11.2. The smallest absolute Gasteiger partial charge is 0.191 e. The van der Waals surface area contributed by atoms with Crippen LogP contribution in [0.2, 0.25) is 0 Å². The van der Waals surface area contributed by atoms with Crippen molar-refractivity contribution in [3.63, 3.8) is 0 Å². The van der Waals surface area contributed by atoms with Crippen LogP contribution in [0.15, 0.2) is 29.3 Å². The number of nitrogens with one attached hydrogen (secondary N) is 2. The Hall–Kier alpha value is -1.06. The van der Waals surface area contributed by atoms with E-state index in [2.05, 4.69) is 75.6 Å². The molecule has 0 bridgehead atoms. The largest absolute Gasteiger partial charge is 0.369 e. The predicted octanol–water partition coefficient (Wildman–Crippen LogP) is 1.99. The van der Waals surface area contributed by atoms with E-state index in [1.807, 2.05) is 7.05 Å². The van der Waals surface area contributed by atoms with E-state index in [1.165, 1.54) is 24.1 Å². The number of aliphatic imine (C=N–C) groups is 1. The van der Waals surface area contributed by atoms with Crippen LogP contribution >= 0.6 is 24.0 Å². The van der Waals surface area contributed by atoms with Crippen LogP contribution in [0.4, 0.5) is 5.69 Å². The molecule has 6 nitrogen and oxygen atoms in total. The van der Waals surface area contributed by atoms with Crippen molar-refractivity contribution in [1.29, 1.82) is 0 Å². The monoisotopic (exact) mass is 500 g/mol. The Morgan fingerprint density at radius 2 is 1.86 bits per heavy atom. The van der Waals surface area contributed by atoms with Crippen molar-refractivity contribution >= 4 is 35.6 Å². The quantitative estimate of drug-likeness (QED) is 0.376. The molecule has 158 valence electrons. The lowest BCUT2D eigenvalue weighted by molar-refractivity contribution is 0.116. The van der Waals surface area contributed by atoms with Gasteiger partial charge < -0.3 is 20.4 Å². The van der Waals surface area contributed by atoms with E-state index < -0.39 is 0 Å². The molecule has 0 spiro atoms. The van der Waals surface area contributed by atoms with E-state index in [4.69, 9.17) is 0 Å². The number of piperazine rings is 1. The second-order valence-corrected chi connectivity index (χ2v) is 8.11. The number of benzene rings is 1. The van der Waals surface area contributed by atoms with Gasteiger partial charge in [0.2, 0.25) is 0 Å². The Bertz CT molecular complexity index is 620. The fourth-order valence-corrected chi connectivity index (χ4v) is 4.01. The van der Waals surface area contributed by atoms with Gasteiger partial charge in [0.15, 0.2) is 5.96 Å². The second-order valence-electron chi connectivity index (χ2n) is 8.11. The zero-order chi connectivity index (χ0) is 19.2. The molecule has 0 radical (unpaired) electrons. The molecule has 28 heavy (non-hydrogen) atoms. The van der Waals surface area contributed by atoms with Crippen LogP contribution in [-0.2, 0) is 0 Å². The standard InChI is InChI=1S/C21H36N6.HI/c1-17-7-9-19(10-8-17)27-11-5-6-18(15-27)24-21(22-2)23-14-20-16-25(3)12-13-26(20)4;/h7-10,18,20H,5-6,11-16H2,1-4H3,(H2,22,23,24);1H. The molecule has 2 aliphatic heterocycles. The van der Waals surface area contributed by atoms with Gasteiger partial charge in [-0.2, -0.15) is 0 Å². The fourth-order valence-electron chi connectivity index (χ4n) is 4.01. The first-order chi connectivity index (χ1) is 13.0. The average Bonchev–Trinajstić information content (AvgIpc) is 2.68. The molecule has 2 N–H and O–H groups in total. The number of piperidine rings is 1. The Morgan fingerprint density at radius 1 is 1.11 bits per heavy atom. The Balaban J connectivity index is 0.00000280. The van der Waals surface area contributed by atoms with Gasteiger partial charge in [0, 0.05) is 64.1 Å². The first kappa shape index (κ1) is 23.2. The molecule has 2 saturated heterocycles. The molecule has 3 rings (SSSR count). The zero-order valence-corrected chi connectivity index (χ0v) is 20.1. The Kier molecular flexibility index (Phi) is 9.30. The zero-order valence-electron chi connectivity index (χ0n) is 17.8. The molecular formula is C21H37IN6. The minimum atomic E-state index is 0. The van der Waals surface area contributed by atoms with Crippen molar-refractivity contribution in [3.05, 3.63) is 29.8 Å². The number of hydrogen-bond acceptors (Lipinski definition) is 4.